The molecule has 2 amide bonds. The van der Waals surface area contributed by atoms with Crippen molar-refractivity contribution >= 4 is 39.7 Å². The van der Waals surface area contributed by atoms with Crippen molar-refractivity contribution < 1.29 is 29.4 Å². The van der Waals surface area contributed by atoms with Crippen LogP contribution in [-0.4, -0.2) is 39.5 Å². The van der Waals surface area contributed by atoms with Gasteiger partial charge in [-0.25, -0.2) is 0 Å². The molecule has 9 heteroatoms. The molecule has 2 aliphatic rings. The maximum Gasteiger partial charge on any atom is 0.325 e. The molecule has 2 fully saturated rings. The maximum atomic E-state index is 12.2. The fraction of sp³-hybridized carbons (Fsp3) is 0.333. The van der Waals surface area contributed by atoms with Crippen LogP contribution in [0.5, 0.6) is 0 Å². The SMILES string of the molecule is O=C(O)CC1(C(=O)O)NC(c2ccc(Br)cc2)C2C(=O)NC(=O)C21. The van der Waals surface area contributed by atoms with Gasteiger partial charge in [0.15, 0.2) is 0 Å². The average Bonchev–Trinajstić information content (AvgIpc) is 2.98. The van der Waals surface area contributed by atoms with E-state index in [4.69, 9.17) is 5.11 Å². The fourth-order valence-corrected chi connectivity index (χ4v) is 3.82. The number of carboxylic acids is 2. The molecule has 0 bridgehead atoms. The van der Waals surface area contributed by atoms with E-state index in [0.29, 0.717) is 5.56 Å². The summed E-state index contributed by atoms with van der Waals surface area (Å²) in [6.45, 7) is 0. The summed E-state index contributed by atoms with van der Waals surface area (Å²) in [6, 6.07) is 6.04. The van der Waals surface area contributed by atoms with Crippen molar-refractivity contribution in [3.05, 3.63) is 34.3 Å². The minimum absolute atomic E-state index is 0.598. The number of halogens is 1. The van der Waals surface area contributed by atoms with Gasteiger partial charge in [-0.2, -0.15) is 0 Å². The number of carboxylic acid groups (broad SMARTS) is 2. The number of aliphatic carboxylic acids is 2. The molecule has 3 rings (SSSR count). The van der Waals surface area contributed by atoms with E-state index in [1.165, 1.54) is 0 Å². The standard InChI is InChI=1S/C15H13BrN2O6/c16-7-3-1-6(2-4-7)11-9-10(13(22)17-12(9)21)15(18-11,14(23)24)5-8(19)20/h1-4,9-11,18H,5H2,(H,19,20)(H,23,24)(H,17,21,22). The molecule has 0 aromatic heterocycles. The molecule has 0 spiro atoms. The summed E-state index contributed by atoms with van der Waals surface area (Å²) in [5.74, 6) is -6.46. The number of rotatable bonds is 4. The van der Waals surface area contributed by atoms with E-state index in [-0.39, 0.29) is 0 Å². The highest BCUT2D eigenvalue weighted by atomic mass is 79.9. The van der Waals surface area contributed by atoms with Crippen LogP contribution in [0.1, 0.15) is 18.0 Å². The second-order valence-electron chi connectivity index (χ2n) is 5.88. The molecule has 8 nitrogen and oxygen atoms in total. The largest absolute Gasteiger partial charge is 0.481 e. The smallest absolute Gasteiger partial charge is 0.325 e. The van der Waals surface area contributed by atoms with Crippen LogP contribution in [0.4, 0.5) is 0 Å². The molecule has 126 valence electrons. The lowest BCUT2D eigenvalue weighted by molar-refractivity contribution is -0.154. The molecule has 24 heavy (non-hydrogen) atoms. The van der Waals surface area contributed by atoms with Crippen LogP contribution in [0.25, 0.3) is 0 Å². The van der Waals surface area contributed by atoms with Crippen LogP contribution in [0.15, 0.2) is 28.7 Å². The van der Waals surface area contributed by atoms with Gasteiger partial charge in [0.25, 0.3) is 0 Å². The van der Waals surface area contributed by atoms with E-state index >= 15 is 0 Å². The Kier molecular flexibility index (Phi) is 3.92. The maximum absolute atomic E-state index is 12.2. The second-order valence-corrected chi connectivity index (χ2v) is 6.79. The third-order valence-electron chi connectivity index (χ3n) is 4.53. The quantitative estimate of drug-likeness (QED) is 0.537. The first-order chi connectivity index (χ1) is 11.3. The van der Waals surface area contributed by atoms with Gasteiger partial charge >= 0.3 is 11.9 Å². The zero-order valence-electron chi connectivity index (χ0n) is 12.2. The van der Waals surface area contributed by atoms with Gasteiger partial charge in [0.1, 0.15) is 5.54 Å². The Labute approximate surface area is 144 Å². The highest BCUT2D eigenvalue weighted by Gasteiger charge is 2.67. The third-order valence-corrected chi connectivity index (χ3v) is 5.06. The summed E-state index contributed by atoms with van der Waals surface area (Å²) in [5.41, 5.74) is -1.43. The van der Waals surface area contributed by atoms with Crippen molar-refractivity contribution in [2.45, 2.75) is 18.0 Å². The van der Waals surface area contributed by atoms with Gasteiger partial charge in [-0.3, -0.25) is 29.8 Å². The minimum Gasteiger partial charge on any atom is -0.481 e. The summed E-state index contributed by atoms with van der Waals surface area (Å²) in [4.78, 5) is 47.4. The van der Waals surface area contributed by atoms with Gasteiger partial charge in [0.2, 0.25) is 11.8 Å². The first-order valence-corrected chi connectivity index (χ1v) is 7.88. The van der Waals surface area contributed by atoms with Crippen molar-refractivity contribution in [3.8, 4) is 0 Å². The van der Waals surface area contributed by atoms with E-state index in [1.807, 2.05) is 0 Å². The average molecular weight is 397 g/mol. The van der Waals surface area contributed by atoms with Crippen molar-refractivity contribution in [1.82, 2.24) is 10.6 Å². The number of carbonyl (C=O) groups excluding carboxylic acids is 2. The Balaban J connectivity index is 2.11. The van der Waals surface area contributed by atoms with Gasteiger partial charge in [-0.05, 0) is 17.7 Å². The topological polar surface area (TPSA) is 133 Å². The summed E-state index contributed by atoms with van der Waals surface area (Å²) in [6.07, 6.45) is -0.808. The third kappa shape index (κ3) is 2.40. The number of carbonyl (C=O) groups is 4. The first-order valence-electron chi connectivity index (χ1n) is 7.09. The Morgan fingerprint density at radius 1 is 1.12 bits per heavy atom. The predicted molar refractivity (Wildman–Crippen MR) is 82.8 cm³/mol. The van der Waals surface area contributed by atoms with E-state index in [9.17, 15) is 24.3 Å². The zero-order valence-corrected chi connectivity index (χ0v) is 13.7. The number of hydrogen-bond donors (Lipinski definition) is 4. The monoisotopic (exact) mass is 396 g/mol. The lowest BCUT2D eigenvalue weighted by Crippen LogP contribution is -2.56. The number of hydrogen-bond acceptors (Lipinski definition) is 5. The molecule has 1 aromatic carbocycles. The molecular weight excluding hydrogens is 384 g/mol. The van der Waals surface area contributed by atoms with Crippen molar-refractivity contribution in [2.75, 3.05) is 0 Å². The lowest BCUT2D eigenvalue weighted by Gasteiger charge is -2.28. The Morgan fingerprint density at radius 2 is 1.75 bits per heavy atom. The van der Waals surface area contributed by atoms with E-state index in [2.05, 4.69) is 26.6 Å². The van der Waals surface area contributed by atoms with Gasteiger partial charge in [0.05, 0.1) is 18.3 Å². The van der Waals surface area contributed by atoms with Crippen LogP contribution >= 0.6 is 15.9 Å². The number of benzene rings is 1. The molecule has 4 unspecified atom stereocenters. The van der Waals surface area contributed by atoms with Crippen LogP contribution in [0.2, 0.25) is 0 Å². The van der Waals surface area contributed by atoms with Gasteiger partial charge < -0.3 is 10.2 Å². The van der Waals surface area contributed by atoms with E-state index < -0.39 is 53.6 Å². The van der Waals surface area contributed by atoms with Gasteiger partial charge in [-0.1, -0.05) is 28.1 Å². The second kappa shape index (κ2) is 5.67. The van der Waals surface area contributed by atoms with Crippen LogP contribution in [-0.2, 0) is 19.2 Å². The van der Waals surface area contributed by atoms with Crippen LogP contribution in [0.3, 0.4) is 0 Å². The molecule has 1 aromatic rings. The molecule has 2 aliphatic heterocycles. The molecule has 0 aliphatic carbocycles. The molecule has 2 saturated heterocycles. The van der Waals surface area contributed by atoms with E-state index in [1.54, 1.807) is 24.3 Å². The van der Waals surface area contributed by atoms with Crippen molar-refractivity contribution in [2.24, 2.45) is 11.8 Å². The normalized spacial score (nSPS) is 31.6. The van der Waals surface area contributed by atoms with Crippen molar-refractivity contribution in [1.29, 1.82) is 0 Å². The van der Waals surface area contributed by atoms with Crippen LogP contribution in [0, 0.1) is 11.8 Å². The number of fused-ring (bicyclic) bond motifs is 1. The van der Waals surface area contributed by atoms with Crippen molar-refractivity contribution in [3.63, 3.8) is 0 Å². The first kappa shape index (κ1) is 16.6. The summed E-state index contributed by atoms with van der Waals surface area (Å²) < 4.78 is 0.794. The summed E-state index contributed by atoms with van der Waals surface area (Å²) in [7, 11) is 0. The Bertz CT molecular complexity index is 749. The Morgan fingerprint density at radius 3 is 2.29 bits per heavy atom. The number of amides is 2. The minimum atomic E-state index is -2.04. The summed E-state index contributed by atoms with van der Waals surface area (Å²) in [5, 5.41) is 23.7. The molecule has 4 atom stereocenters. The molecular formula is C15H13BrN2O6. The van der Waals surface area contributed by atoms with Gasteiger partial charge in [0, 0.05) is 10.5 Å². The fourth-order valence-electron chi connectivity index (χ4n) is 3.56. The highest BCUT2D eigenvalue weighted by Crippen LogP contribution is 2.47. The number of nitrogens with one attached hydrogen (secondary N) is 2. The molecule has 0 radical (unpaired) electrons. The molecule has 4 N–H and O–H groups in total. The zero-order chi connectivity index (χ0) is 17.6. The lowest BCUT2D eigenvalue weighted by atomic mass is 9.77. The summed E-state index contributed by atoms with van der Waals surface area (Å²) >= 11 is 3.28. The Hall–Kier alpha value is -2.26. The predicted octanol–water partition coefficient (Wildman–Crippen LogP) is 0.280. The van der Waals surface area contributed by atoms with Gasteiger partial charge in [-0.15, -0.1) is 0 Å². The van der Waals surface area contributed by atoms with Crippen LogP contribution < -0.4 is 10.6 Å². The molecule has 0 saturated carbocycles. The van der Waals surface area contributed by atoms with E-state index in [0.717, 1.165) is 4.47 Å². The molecule has 2 heterocycles. The highest BCUT2D eigenvalue weighted by molar-refractivity contribution is 9.10. The number of imide groups is 1.